The minimum atomic E-state index is -0.318. The fourth-order valence-corrected chi connectivity index (χ4v) is 3.55. The van der Waals surface area contributed by atoms with Gasteiger partial charge in [0.15, 0.2) is 0 Å². The van der Waals surface area contributed by atoms with Crippen LogP contribution in [0, 0.1) is 17.2 Å². The largest absolute Gasteiger partial charge is 0.298 e. The Morgan fingerprint density at radius 3 is 2.35 bits per heavy atom. The molecular weight excluding hydrogens is 246 g/mol. The second-order valence-corrected chi connectivity index (χ2v) is 7.43. The van der Waals surface area contributed by atoms with E-state index in [1.54, 1.807) is 0 Å². The molecule has 2 unspecified atom stereocenters. The lowest BCUT2D eigenvalue weighted by molar-refractivity contribution is 0.0786. The van der Waals surface area contributed by atoms with E-state index >= 15 is 0 Å². The average molecular weight is 279 g/mol. The Morgan fingerprint density at radius 1 is 1.25 bits per heavy atom. The van der Waals surface area contributed by atoms with Gasteiger partial charge in [0.05, 0.1) is 6.07 Å². The van der Waals surface area contributed by atoms with Crippen LogP contribution < -0.4 is 5.32 Å². The predicted octanol–water partition coefficient (Wildman–Crippen LogP) is 3.56. The molecule has 1 rings (SSSR count). The third kappa shape index (κ3) is 4.75. The van der Waals surface area contributed by atoms with Crippen molar-refractivity contribution < 1.29 is 0 Å². The zero-order valence-electron chi connectivity index (χ0n) is 14.2. The standard InChI is InChI=1S/C17H33N3/c1-13(2)11-20(15(5)6)16-8-7-9-17(10-16,12-18)19-14(3)4/h13-16,19H,7-11H2,1-6H3. The highest BCUT2D eigenvalue weighted by molar-refractivity contribution is 5.12. The second kappa shape index (κ2) is 7.43. The van der Waals surface area contributed by atoms with Gasteiger partial charge in [-0.3, -0.25) is 10.2 Å². The zero-order valence-corrected chi connectivity index (χ0v) is 14.2. The van der Waals surface area contributed by atoms with Crippen molar-refractivity contribution in [3.05, 3.63) is 0 Å². The first-order chi connectivity index (χ1) is 9.29. The van der Waals surface area contributed by atoms with E-state index in [1.165, 1.54) is 6.42 Å². The lowest BCUT2D eigenvalue weighted by atomic mass is 9.78. The Morgan fingerprint density at radius 2 is 1.90 bits per heavy atom. The van der Waals surface area contributed by atoms with Crippen molar-refractivity contribution in [2.75, 3.05) is 6.54 Å². The summed E-state index contributed by atoms with van der Waals surface area (Å²) in [6, 6.07) is 4.05. The molecule has 1 aliphatic carbocycles. The van der Waals surface area contributed by atoms with Crippen LogP contribution in [0.25, 0.3) is 0 Å². The number of nitrogens with one attached hydrogen (secondary N) is 1. The minimum absolute atomic E-state index is 0.318. The van der Waals surface area contributed by atoms with Gasteiger partial charge in [-0.25, -0.2) is 0 Å². The molecule has 0 aromatic rings. The molecule has 0 amide bonds. The van der Waals surface area contributed by atoms with Gasteiger partial charge in [0.1, 0.15) is 5.54 Å². The summed E-state index contributed by atoms with van der Waals surface area (Å²) in [6.07, 6.45) is 4.34. The summed E-state index contributed by atoms with van der Waals surface area (Å²) in [4.78, 5) is 2.61. The van der Waals surface area contributed by atoms with Crippen LogP contribution in [-0.4, -0.2) is 35.1 Å². The van der Waals surface area contributed by atoms with E-state index in [1.807, 2.05) is 0 Å². The van der Waals surface area contributed by atoms with Gasteiger partial charge in [0, 0.05) is 24.7 Å². The molecule has 0 saturated heterocycles. The van der Waals surface area contributed by atoms with E-state index in [0.29, 0.717) is 24.0 Å². The van der Waals surface area contributed by atoms with Gasteiger partial charge in [0.25, 0.3) is 0 Å². The van der Waals surface area contributed by atoms with Gasteiger partial charge < -0.3 is 0 Å². The Labute approximate surface area is 125 Å². The molecule has 2 atom stereocenters. The number of rotatable bonds is 6. The fourth-order valence-electron chi connectivity index (χ4n) is 3.55. The number of nitrogens with zero attached hydrogens (tertiary/aromatic N) is 2. The van der Waals surface area contributed by atoms with Crippen molar-refractivity contribution in [3.8, 4) is 6.07 Å². The maximum absolute atomic E-state index is 9.68. The first kappa shape index (κ1) is 17.5. The smallest absolute Gasteiger partial charge is 0.108 e. The second-order valence-electron chi connectivity index (χ2n) is 7.43. The first-order valence-corrected chi connectivity index (χ1v) is 8.24. The van der Waals surface area contributed by atoms with Crippen molar-refractivity contribution in [2.24, 2.45) is 5.92 Å². The molecular formula is C17H33N3. The van der Waals surface area contributed by atoms with Crippen LogP contribution in [0.3, 0.4) is 0 Å². The molecule has 1 N–H and O–H groups in total. The van der Waals surface area contributed by atoms with Crippen LogP contribution in [-0.2, 0) is 0 Å². The molecule has 0 aliphatic heterocycles. The molecule has 1 fully saturated rings. The van der Waals surface area contributed by atoms with Crippen LogP contribution in [0.2, 0.25) is 0 Å². The minimum Gasteiger partial charge on any atom is -0.298 e. The third-order valence-electron chi connectivity index (χ3n) is 4.21. The summed E-state index contributed by atoms with van der Waals surface area (Å²) >= 11 is 0. The SMILES string of the molecule is CC(C)CN(C(C)C)C1CCCC(C#N)(NC(C)C)C1. The monoisotopic (exact) mass is 279 g/mol. The van der Waals surface area contributed by atoms with Crippen molar-refractivity contribution in [3.63, 3.8) is 0 Å². The number of nitriles is 1. The molecule has 0 spiro atoms. The Hall–Kier alpha value is -0.590. The maximum atomic E-state index is 9.68. The summed E-state index contributed by atoms with van der Waals surface area (Å²) in [5.74, 6) is 0.675. The molecule has 0 aromatic heterocycles. The van der Waals surface area contributed by atoms with Crippen molar-refractivity contribution >= 4 is 0 Å². The lowest BCUT2D eigenvalue weighted by Gasteiger charge is -2.44. The fraction of sp³-hybridized carbons (Fsp3) is 0.941. The van der Waals surface area contributed by atoms with Crippen LogP contribution in [0.15, 0.2) is 0 Å². The normalized spacial score (nSPS) is 27.6. The van der Waals surface area contributed by atoms with Gasteiger partial charge in [-0.05, 0) is 59.3 Å². The summed E-state index contributed by atoms with van der Waals surface area (Å²) in [6.45, 7) is 14.5. The summed E-state index contributed by atoms with van der Waals surface area (Å²) in [5.41, 5.74) is -0.318. The van der Waals surface area contributed by atoms with E-state index in [0.717, 1.165) is 25.8 Å². The molecule has 1 aliphatic rings. The average Bonchev–Trinajstić information content (AvgIpc) is 2.34. The summed E-state index contributed by atoms with van der Waals surface area (Å²) < 4.78 is 0. The van der Waals surface area contributed by atoms with E-state index in [-0.39, 0.29) is 5.54 Å². The van der Waals surface area contributed by atoms with Crippen molar-refractivity contribution in [1.29, 1.82) is 5.26 Å². The van der Waals surface area contributed by atoms with Gasteiger partial charge in [0.2, 0.25) is 0 Å². The predicted molar refractivity (Wildman–Crippen MR) is 85.6 cm³/mol. The number of hydrogen-bond acceptors (Lipinski definition) is 3. The summed E-state index contributed by atoms with van der Waals surface area (Å²) in [5, 5.41) is 13.2. The quantitative estimate of drug-likeness (QED) is 0.808. The highest BCUT2D eigenvalue weighted by atomic mass is 15.2. The van der Waals surface area contributed by atoms with Crippen LogP contribution >= 0.6 is 0 Å². The molecule has 3 nitrogen and oxygen atoms in total. The highest BCUT2D eigenvalue weighted by Crippen LogP contribution is 2.32. The van der Waals surface area contributed by atoms with Crippen molar-refractivity contribution in [1.82, 2.24) is 10.2 Å². The van der Waals surface area contributed by atoms with Gasteiger partial charge >= 0.3 is 0 Å². The molecule has 20 heavy (non-hydrogen) atoms. The van der Waals surface area contributed by atoms with Crippen molar-refractivity contribution in [2.45, 2.75) is 90.9 Å². The molecule has 0 aromatic carbocycles. The van der Waals surface area contributed by atoms with E-state index < -0.39 is 0 Å². The topological polar surface area (TPSA) is 39.1 Å². The van der Waals surface area contributed by atoms with Gasteiger partial charge in [-0.1, -0.05) is 13.8 Å². The molecule has 0 radical (unpaired) electrons. The zero-order chi connectivity index (χ0) is 15.3. The molecule has 0 heterocycles. The van der Waals surface area contributed by atoms with E-state index in [4.69, 9.17) is 0 Å². The Balaban J connectivity index is 2.82. The van der Waals surface area contributed by atoms with Gasteiger partial charge in [-0.15, -0.1) is 0 Å². The summed E-state index contributed by atoms with van der Waals surface area (Å²) in [7, 11) is 0. The third-order valence-corrected chi connectivity index (χ3v) is 4.21. The Kier molecular flexibility index (Phi) is 6.48. The molecule has 0 bridgehead atoms. The molecule has 3 heteroatoms. The van der Waals surface area contributed by atoms with Crippen LogP contribution in [0.1, 0.15) is 67.2 Å². The van der Waals surface area contributed by atoms with Crippen LogP contribution in [0.4, 0.5) is 0 Å². The highest BCUT2D eigenvalue weighted by Gasteiger charge is 2.39. The van der Waals surface area contributed by atoms with E-state index in [9.17, 15) is 5.26 Å². The van der Waals surface area contributed by atoms with E-state index in [2.05, 4.69) is 57.8 Å². The molecule has 1 saturated carbocycles. The Bertz CT molecular complexity index is 330. The maximum Gasteiger partial charge on any atom is 0.108 e. The van der Waals surface area contributed by atoms with Crippen LogP contribution in [0.5, 0.6) is 0 Å². The lowest BCUT2D eigenvalue weighted by Crippen LogP contribution is -2.56. The first-order valence-electron chi connectivity index (χ1n) is 8.24. The molecule has 116 valence electrons. The van der Waals surface area contributed by atoms with Gasteiger partial charge in [-0.2, -0.15) is 5.26 Å². The number of hydrogen-bond donors (Lipinski definition) is 1.